The summed E-state index contributed by atoms with van der Waals surface area (Å²) < 4.78 is 10.1. The highest BCUT2D eigenvalue weighted by Crippen LogP contribution is 2.43. The molecule has 2 atom stereocenters. The first kappa shape index (κ1) is 14.3. The van der Waals surface area contributed by atoms with E-state index < -0.39 is 22.5 Å². The number of carbonyl (C=O) groups is 2. The molecule has 8 nitrogen and oxygen atoms in total. The third-order valence-corrected chi connectivity index (χ3v) is 4.24. The molecular weight excluding hydrogens is 292 g/mol. The highest BCUT2D eigenvalue weighted by Gasteiger charge is 2.57. The number of nitro groups is 1. The Morgan fingerprint density at radius 2 is 2.14 bits per heavy atom. The van der Waals surface area contributed by atoms with Crippen LogP contribution in [0.25, 0.3) is 0 Å². The molecule has 2 saturated heterocycles. The van der Waals surface area contributed by atoms with Gasteiger partial charge in [-0.25, -0.2) is 9.59 Å². The van der Waals surface area contributed by atoms with Crippen molar-refractivity contribution in [2.24, 2.45) is 0 Å². The van der Waals surface area contributed by atoms with E-state index in [9.17, 15) is 19.7 Å². The van der Waals surface area contributed by atoms with Crippen LogP contribution in [0.2, 0.25) is 0 Å². The van der Waals surface area contributed by atoms with Gasteiger partial charge >= 0.3 is 12.1 Å². The van der Waals surface area contributed by atoms with E-state index in [-0.39, 0.29) is 11.8 Å². The first-order valence-electron chi connectivity index (χ1n) is 6.80. The zero-order valence-corrected chi connectivity index (χ0v) is 11.9. The molecule has 0 aliphatic carbocycles. The molecule has 2 bridgehead atoms. The minimum Gasteiger partial charge on any atom is -0.467 e. The van der Waals surface area contributed by atoms with Gasteiger partial charge in [0.2, 0.25) is 0 Å². The van der Waals surface area contributed by atoms with Gasteiger partial charge in [-0.05, 0) is 30.5 Å². The monoisotopic (exact) mass is 306 g/mol. The Bertz CT molecular complexity index is 643. The third-order valence-electron chi connectivity index (χ3n) is 4.24. The summed E-state index contributed by atoms with van der Waals surface area (Å²) in [4.78, 5) is 36.1. The Morgan fingerprint density at radius 3 is 2.73 bits per heavy atom. The summed E-state index contributed by atoms with van der Waals surface area (Å²) >= 11 is 0. The Balaban J connectivity index is 2.08. The molecule has 0 radical (unpaired) electrons. The molecule has 0 spiro atoms. The second-order valence-corrected chi connectivity index (χ2v) is 5.31. The fourth-order valence-electron chi connectivity index (χ4n) is 3.15. The molecular formula is C14H14N2O6. The van der Waals surface area contributed by atoms with Gasteiger partial charge in [0, 0.05) is 12.1 Å². The van der Waals surface area contributed by atoms with E-state index in [0.717, 1.165) is 0 Å². The number of ether oxygens (including phenoxy) is 2. The molecule has 2 heterocycles. The number of hydrogen-bond acceptors (Lipinski definition) is 6. The first-order chi connectivity index (χ1) is 10.5. The van der Waals surface area contributed by atoms with E-state index in [4.69, 9.17) is 9.47 Å². The van der Waals surface area contributed by atoms with E-state index >= 15 is 0 Å². The molecule has 0 N–H and O–H groups in total. The second kappa shape index (κ2) is 4.97. The van der Waals surface area contributed by atoms with E-state index in [1.807, 2.05) is 0 Å². The van der Waals surface area contributed by atoms with Crippen LogP contribution in [-0.2, 0) is 19.8 Å². The van der Waals surface area contributed by atoms with Crippen molar-refractivity contribution < 1.29 is 24.0 Å². The Kier molecular flexibility index (Phi) is 3.23. The van der Waals surface area contributed by atoms with Crippen LogP contribution in [0.1, 0.15) is 18.4 Å². The minimum absolute atomic E-state index is 0.0820. The number of benzene rings is 1. The Hall–Kier alpha value is -2.64. The number of fused-ring (bicyclic) bond motifs is 2. The van der Waals surface area contributed by atoms with Crippen LogP contribution < -0.4 is 0 Å². The lowest BCUT2D eigenvalue weighted by Crippen LogP contribution is -2.55. The van der Waals surface area contributed by atoms with Gasteiger partial charge in [-0.1, -0.05) is 0 Å². The van der Waals surface area contributed by atoms with E-state index in [1.165, 1.54) is 36.3 Å². The number of piperidine rings is 1. The van der Waals surface area contributed by atoms with Crippen molar-refractivity contribution in [3.05, 3.63) is 39.9 Å². The number of nitro benzene ring substituents is 1. The summed E-state index contributed by atoms with van der Waals surface area (Å²) in [5.74, 6) is -0.571. The largest absolute Gasteiger partial charge is 0.467 e. The van der Waals surface area contributed by atoms with Crippen molar-refractivity contribution in [2.45, 2.75) is 24.5 Å². The van der Waals surface area contributed by atoms with Gasteiger partial charge in [0.05, 0.1) is 18.6 Å². The Morgan fingerprint density at radius 1 is 1.45 bits per heavy atom. The fraction of sp³-hybridized carbons (Fsp3) is 0.429. The summed E-state index contributed by atoms with van der Waals surface area (Å²) in [7, 11) is 1.25. The van der Waals surface area contributed by atoms with Gasteiger partial charge in [-0.3, -0.25) is 15.0 Å². The van der Waals surface area contributed by atoms with Crippen molar-refractivity contribution in [3.63, 3.8) is 0 Å². The summed E-state index contributed by atoms with van der Waals surface area (Å²) in [5, 5.41) is 10.8. The van der Waals surface area contributed by atoms with E-state index in [2.05, 4.69) is 0 Å². The maximum atomic E-state index is 12.4. The van der Waals surface area contributed by atoms with Gasteiger partial charge in [-0.15, -0.1) is 0 Å². The quantitative estimate of drug-likeness (QED) is 0.477. The summed E-state index contributed by atoms with van der Waals surface area (Å²) in [6, 6.07) is 5.60. The second-order valence-electron chi connectivity index (χ2n) is 5.31. The van der Waals surface area contributed by atoms with E-state index in [1.54, 1.807) is 0 Å². The smallest absolute Gasteiger partial charge is 0.411 e. The summed E-state index contributed by atoms with van der Waals surface area (Å²) in [6.45, 7) is 0.310. The number of amides is 1. The number of rotatable bonds is 3. The predicted octanol–water partition coefficient (Wildman–Crippen LogP) is 1.58. The maximum Gasteiger partial charge on any atom is 0.411 e. The molecule has 116 valence electrons. The van der Waals surface area contributed by atoms with Crippen molar-refractivity contribution in [2.75, 3.05) is 13.7 Å². The molecule has 1 aromatic carbocycles. The van der Waals surface area contributed by atoms with Crippen LogP contribution in [0.4, 0.5) is 10.5 Å². The molecule has 8 heteroatoms. The standard InChI is InChI=1S/C14H14N2O6/c1-21-12(17)14(7-6-11-8-15(14)13(18)22-11)9-2-4-10(5-3-9)16(19)20/h2-5,11H,6-8H2,1H3/t11-,14?/m1/s1. The fourth-order valence-corrected chi connectivity index (χ4v) is 3.15. The average Bonchev–Trinajstić information content (AvgIpc) is 2.84. The van der Waals surface area contributed by atoms with Crippen molar-refractivity contribution in [1.82, 2.24) is 4.90 Å². The van der Waals surface area contributed by atoms with Gasteiger partial charge in [0.15, 0.2) is 5.54 Å². The van der Waals surface area contributed by atoms with Gasteiger partial charge in [0.1, 0.15) is 6.10 Å². The molecule has 2 fully saturated rings. The number of hydrogen-bond donors (Lipinski definition) is 0. The molecule has 1 unspecified atom stereocenters. The van der Waals surface area contributed by atoms with Crippen molar-refractivity contribution >= 4 is 17.7 Å². The average molecular weight is 306 g/mol. The number of methoxy groups -OCH3 is 1. The zero-order valence-electron chi connectivity index (χ0n) is 11.9. The van der Waals surface area contributed by atoms with Crippen LogP contribution in [0.15, 0.2) is 24.3 Å². The molecule has 2 aliphatic rings. The van der Waals surface area contributed by atoms with Gasteiger partial charge < -0.3 is 9.47 Å². The van der Waals surface area contributed by atoms with Crippen LogP contribution in [0.5, 0.6) is 0 Å². The Labute approximate surface area is 125 Å². The molecule has 2 aliphatic heterocycles. The number of carbonyl (C=O) groups excluding carboxylic acids is 2. The lowest BCUT2D eigenvalue weighted by molar-refractivity contribution is -0.384. The highest BCUT2D eigenvalue weighted by molar-refractivity contribution is 5.88. The summed E-state index contributed by atoms with van der Waals surface area (Å²) in [6.07, 6.45) is 0.108. The van der Waals surface area contributed by atoms with Gasteiger partial charge in [0.25, 0.3) is 5.69 Å². The molecule has 0 saturated carbocycles. The van der Waals surface area contributed by atoms with Crippen LogP contribution in [0.3, 0.4) is 0 Å². The van der Waals surface area contributed by atoms with Crippen molar-refractivity contribution in [3.8, 4) is 0 Å². The minimum atomic E-state index is -1.28. The van der Waals surface area contributed by atoms with E-state index in [0.29, 0.717) is 24.9 Å². The molecule has 1 aromatic rings. The topological polar surface area (TPSA) is 99.0 Å². The van der Waals surface area contributed by atoms with Crippen molar-refractivity contribution in [1.29, 1.82) is 0 Å². The van der Waals surface area contributed by atoms with Crippen LogP contribution in [-0.4, -0.2) is 41.6 Å². The highest BCUT2D eigenvalue weighted by atomic mass is 16.6. The lowest BCUT2D eigenvalue weighted by Gasteiger charge is -2.40. The summed E-state index contributed by atoms with van der Waals surface area (Å²) in [5.41, 5.74) is -0.878. The number of esters is 1. The SMILES string of the molecule is COC(=O)C1(c2ccc([N+](=O)[O-])cc2)CC[C@@H]2CN1C(=O)O2. The molecule has 0 aromatic heterocycles. The first-order valence-corrected chi connectivity index (χ1v) is 6.80. The normalized spacial score (nSPS) is 26.5. The number of non-ortho nitro benzene ring substituents is 1. The zero-order chi connectivity index (χ0) is 15.9. The van der Waals surface area contributed by atoms with Crippen LogP contribution >= 0.6 is 0 Å². The molecule has 22 heavy (non-hydrogen) atoms. The van der Waals surface area contributed by atoms with Crippen LogP contribution in [0, 0.1) is 10.1 Å². The maximum absolute atomic E-state index is 12.4. The molecule has 3 rings (SSSR count). The number of nitrogens with zero attached hydrogens (tertiary/aromatic N) is 2. The third kappa shape index (κ3) is 1.91. The predicted molar refractivity (Wildman–Crippen MR) is 73.0 cm³/mol. The lowest BCUT2D eigenvalue weighted by atomic mass is 9.80. The van der Waals surface area contributed by atoms with Gasteiger partial charge in [-0.2, -0.15) is 0 Å². The molecule has 1 amide bonds.